The predicted molar refractivity (Wildman–Crippen MR) is 123 cm³/mol. The SMILES string of the molecule is O=C(Nc1cnc(N2CCC3(CC2)CC(F)(F)C3)c(Cl)c1)Nc1c[nH]c2ccc(Cl)cc12. The number of rotatable bonds is 3. The molecule has 5 rings (SSSR count). The fraction of sp³-hybridized carbons (Fsp3) is 0.364. The van der Waals surface area contributed by atoms with Crippen LogP contribution in [0.15, 0.2) is 36.7 Å². The van der Waals surface area contributed by atoms with E-state index in [-0.39, 0.29) is 18.3 Å². The molecule has 1 aliphatic heterocycles. The molecule has 0 radical (unpaired) electrons. The molecule has 3 heterocycles. The maximum absolute atomic E-state index is 13.3. The highest BCUT2D eigenvalue weighted by molar-refractivity contribution is 6.33. The normalized spacial score (nSPS) is 19.1. The highest BCUT2D eigenvalue weighted by Gasteiger charge is 2.56. The fourth-order valence-electron chi connectivity index (χ4n) is 4.80. The van der Waals surface area contributed by atoms with Gasteiger partial charge >= 0.3 is 6.03 Å². The van der Waals surface area contributed by atoms with Crippen molar-refractivity contribution < 1.29 is 13.6 Å². The third-order valence-electron chi connectivity index (χ3n) is 6.36. The van der Waals surface area contributed by atoms with E-state index in [4.69, 9.17) is 23.2 Å². The summed E-state index contributed by atoms with van der Waals surface area (Å²) in [6.45, 7) is 1.28. The van der Waals surface area contributed by atoms with E-state index in [9.17, 15) is 13.6 Å². The lowest BCUT2D eigenvalue weighted by Crippen LogP contribution is -2.52. The average Bonchev–Trinajstić information content (AvgIpc) is 3.09. The van der Waals surface area contributed by atoms with Gasteiger partial charge in [0.15, 0.2) is 0 Å². The van der Waals surface area contributed by atoms with E-state index in [0.29, 0.717) is 53.2 Å². The maximum atomic E-state index is 13.3. The molecule has 1 saturated heterocycles. The smallest absolute Gasteiger partial charge is 0.323 e. The van der Waals surface area contributed by atoms with E-state index in [1.54, 1.807) is 24.4 Å². The number of hydrogen-bond acceptors (Lipinski definition) is 3. The minimum Gasteiger partial charge on any atom is -0.359 e. The number of H-pyrrole nitrogens is 1. The minimum absolute atomic E-state index is 0.0182. The number of urea groups is 1. The van der Waals surface area contributed by atoms with Crippen LogP contribution >= 0.6 is 23.2 Å². The largest absolute Gasteiger partial charge is 0.359 e. The van der Waals surface area contributed by atoms with E-state index in [1.807, 2.05) is 11.0 Å². The summed E-state index contributed by atoms with van der Waals surface area (Å²) < 4.78 is 26.6. The summed E-state index contributed by atoms with van der Waals surface area (Å²) in [5.74, 6) is -1.91. The standard InChI is InChI=1S/C22H21Cl2F2N5O/c23-13-1-2-17-15(7-13)18(10-27-17)30-20(32)29-14-8-16(24)19(28-9-14)31-5-3-21(4-6-31)11-22(25,26)12-21/h1-2,7-10,27H,3-6,11-12H2,(H2,29,30,32). The third kappa shape index (κ3) is 4.09. The highest BCUT2D eigenvalue weighted by Crippen LogP contribution is 2.57. The minimum atomic E-state index is -2.51. The van der Waals surface area contributed by atoms with Crippen molar-refractivity contribution >= 4 is 57.3 Å². The van der Waals surface area contributed by atoms with E-state index in [2.05, 4.69) is 20.6 Å². The van der Waals surface area contributed by atoms with Gasteiger partial charge in [0, 0.05) is 48.1 Å². The molecular weight excluding hydrogens is 459 g/mol. The van der Waals surface area contributed by atoms with Crippen LogP contribution < -0.4 is 15.5 Å². The van der Waals surface area contributed by atoms with Crippen molar-refractivity contribution in [3.05, 3.63) is 46.7 Å². The molecule has 1 spiro atoms. The summed E-state index contributed by atoms with van der Waals surface area (Å²) in [6.07, 6.45) is 4.60. The molecule has 3 aromatic rings. The van der Waals surface area contributed by atoms with Gasteiger partial charge < -0.3 is 20.5 Å². The summed E-state index contributed by atoms with van der Waals surface area (Å²) in [7, 11) is 0. The quantitative estimate of drug-likeness (QED) is 0.399. The molecule has 1 aromatic carbocycles. The zero-order chi connectivity index (χ0) is 22.5. The summed E-state index contributed by atoms with van der Waals surface area (Å²) in [5, 5.41) is 7.28. The number of benzene rings is 1. The Morgan fingerprint density at radius 2 is 1.88 bits per heavy atom. The van der Waals surface area contributed by atoms with Crippen LogP contribution in [0.4, 0.5) is 30.8 Å². The van der Waals surface area contributed by atoms with Crippen molar-refractivity contribution in [2.45, 2.75) is 31.6 Å². The number of carbonyl (C=O) groups is 1. The van der Waals surface area contributed by atoms with Crippen molar-refractivity contribution in [2.75, 3.05) is 28.6 Å². The van der Waals surface area contributed by atoms with Gasteiger partial charge in [-0.05, 0) is 42.5 Å². The Morgan fingerprint density at radius 3 is 2.56 bits per heavy atom. The number of anilines is 3. The highest BCUT2D eigenvalue weighted by atomic mass is 35.5. The molecule has 10 heteroatoms. The first-order chi connectivity index (χ1) is 15.2. The maximum Gasteiger partial charge on any atom is 0.323 e. The zero-order valence-corrected chi connectivity index (χ0v) is 18.5. The number of aromatic nitrogens is 2. The van der Waals surface area contributed by atoms with Crippen molar-refractivity contribution in [1.29, 1.82) is 0 Å². The predicted octanol–water partition coefficient (Wildman–Crippen LogP) is 6.53. The molecule has 0 atom stereocenters. The lowest BCUT2D eigenvalue weighted by Gasteiger charge is -2.52. The van der Waals surface area contributed by atoms with Crippen molar-refractivity contribution in [1.82, 2.24) is 9.97 Å². The van der Waals surface area contributed by atoms with Crippen LogP contribution in [0, 0.1) is 5.41 Å². The Kier molecular flexibility index (Phi) is 5.17. The molecule has 3 N–H and O–H groups in total. The van der Waals surface area contributed by atoms with Gasteiger partial charge in [0.2, 0.25) is 5.92 Å². The first-order valence-electron chi connectivity index (χ1n) is 10.4. The topological polar surface area (TPSA) is 73.1 Å². The summed E-state index contributed by atoms with van der Waals surface area (Å²) in [6, 6.07) is 6.56. The fourth-order valence-corrected chi connectivity index (χ4v) is 5.26. The second-order valence-electron chi connectivity index (χ2n) is 8.70. The van der Waals surface area contributed by atoms with Gasteiger partial charge in [-0.15, -0.1) is 0 Å². The van der Waals surface area contributed by atoms with Crippen LogP contribution in [-0.4, -0.2) is 35.0 Å². The molecule has 32 heavy (non-hydrogen) atoms. The van der Waals surface area contributed by atoms with Gasteiger partial charge in [0.1, 0.15) is 5.82 Å². The van der Waals surface area contributed by atoms with Crippen LogP contribution in [-0.2, 0) is 0 Å². The van der Waals surface area contributed by atoms with Crippen LogP contribution in [0.1, 0.15) is 25.7 Å². The molecule has 2 fully saturated rings. The Balaban J connectivity index is 1.22. The van der Waals surface area contributed by atoms with E-state index in [1.165, 1.54) is 6.20 Å². The molecule has 1 aliphatic carbocycles. The van der Waals surface area contributed by atoms with Crippen LogP contribution in [0.2, 0.25) is 10.0 Å². The number of hydrogen-bond donors (Lipinski definition) is 3. The monoisotopic (exact) mass is 479 g/mol. The number of fused-ring (bicyclic) bond motifs is 1. The number of nitrogens with zero attached hydrogens (tertiary/aromatic N) is 2. The Hall–Kier alpha value is -2.58. The lowest BCUT2D eigenvalue weighted by molar-refractivity contribution is -0.168. The molecule has 2 aromatic heterocycles. The lowest BCUT2D eigenvalue weighted by atomic mass is 9.61. The number of amides is 2. The van der Waals surface area contributed by atoms with Crippen molar-refractivity contribution in [3.8, 4) is 0 Å². The van der Waals surface area contributed by atoms with Crippen molar-refractivity contribution in [2.24, 2.45) is 5.41 Å². The first kappa shape index (κ1) is 21.3. The number of aromatic amines is 1. The van der Waals surface area contributed by atoms with Crippen molar-refractivity contribution in [3.63, 3.8) is 0 Å². The number of halogens is 4. The summed E-state index contributed by atoms with van der Waals surface area (Å²) in [5.41, 5.74) is 1.66. The Morgan fingerprint density at radius 1 is 1.12 bits per heavy atom. The Labute approximate surface area is 193 Å². The van der Waals surface area contributed by atoms with E-state index >= 15 is 0 Å². The number of pyridine rings is 1. The van der Waals surface area contributed by atoms with Gasteiger partial charge in [0.05, 0.1) is 22.6 Å². The second kappa shape index (κ2) is 7.78. The average molecular weight is 480 g/mol. The molecule has 2 aliphatic rings. The molecule has 168 valence electrons. The van der Waals surface area contributed by atoms with Gasteiger partial charge in [-0.2, -0.15) is 0 Å². The molecule has 0 unspecified atom stereocenters. The van der Waals surface area contributed by atoms with Gasteiger partial charge in [-0.25, -0.2) is 18.6 Å². The molecule has 1 saturated carbocycles. The summed E-state index contributed by atoms with van der Waals surface area (Å²) >= 11 is 12.5. The number of carbonyl (C=O) groups excluding carboxylic acids is 1. The summed E-state index contributed by atoms with van der Waals surface area (Å²) in [4.78, 5) is 22.0. The Bertz CT molecular complexity index is 1180. The van der Waals surface area contributed by atoms with Crippen LogP contribution in [0.25, 0.3) is 10.9 Å². The third-order valence-corrected chi connectivity index (χ3v) is 6.88. The zero-order valence-electron chi connectivity index (χ0n) is 17.0. The second-order valence-corrected chi connectivity index (χ2v) is 9.54. The van der Waals surface area contributed by atoms with E-state index < -0.39 is 12.0 Å². The van der Waals surface area contributed by atoms with Gasteiger partial charge in [0.25, 0.3) is 0 Å². The van der Waals surface area contributed by atoms with E-state index in [0.717, 1.165) is 10.9 Å². The first-order valence-corrected chi connectivity index (χ1v) is 11.1. The number of nitrogens with one attached hydrogen (secondary N) is 3. The van der Waals surface area contributed by atoms with Gasteiger partial charge in [-0.3, -0.25) is 0 Å². The number of alkyl halides is 2. The van der Waals surface area contributed by atoms with Crippen LogP contribution in [0.3, 0.4) is 0 Å². The molecule has 6 nitrogen and oxygen atoms in total. The van der Waals surface area contributed by atoms with Gasteiger partial charge in [-0.1, -0.05) is 23.2 Å². The molecular formula is C22H21Cl2F2N5O. The molecule has 0 bridgehead atoms. The van der Waals surface area contributed by atoms with Crippen LogP contribution in [0.5, 0.6) is 0 Å². The number of piperidine rings is 1. The molecule has 2 amide bonds.